The molecule has 1 aromatic heterocycles. The molecule has 66 valence electrons. The van der Waals surface area contributed by atoms with Crippen LogP contribution in [0.1, 0.15) is 19.5 Å². The Morgan fingerprint density at radius 3 is 2.42 bits per heavy atom. The molecule has 12 heavy (non-hydrogen) atoms. The van der Waals surface area contributed by atoms with Crippen LogP contribution in [0.4, 0.5) is 0 Å². The standard InChI is InChI=1S/C8H10Cl2N2/c1-8(2,5-9)6-3-12-7(10)4-11-6/h3-4H,5H2,1-2H3. The SMILES string of the molecule is CC(C)(CCl)c1cnc(Cl)cn1. The lowest BCUT2D eigenvalue weighted by Crippen LogP contribution is -2.20. The third kappa shape index (κ3) is 2.08. The zero-order valence-electron chi connectivity index (χ0n) is 7.01. The molecule has 4 heteroatoms. The van der Waals surface area contributed by atoms with Gasteiger partial charge >= 0.3 is 0 Å². The summed E-state index contributed by atoms with van der Waals surface area (Å²) in [7, 11) is 0. The second kappa shape index (κ2) is 3.58. The van der Waals surface area contributed by atoms with Gasteiger partial charge in [-0.25, -0.2) is 4.98 Å². The first-order valence-corrected chi connectivity index (χ1v) is 4.51. The Morgan fingerprint density at radius 2 is 2.00 bits per heavy atom. The van der Waals surface area contributed by atoms with E-state index in [1.807, 2.05) is 13.8 Å². The number of alkyl halides is 1. The monoisotopic (exact) mass is 204 g/mol. The van der Waals surface area contributed by atoms with E-state index < -0.39 is 0 Å². The molecule has 0 unspecified atom stereocenters. The van der Waals surface area contributed by atoms with Crippen LogP contribution in [0.25, 0.3) is 0 Å². The highest BCUT2D eigenvalue weighted by atomic mass is 35.5. The maximum atomic E-state index is 5.77. The minimum atomic E-state index is -0.140. The molecule has 0 aliphatic carbocycles. The van der Waals surface area contributed by atoms with Gasteiger partial charge in [0.2, 0.25) is 0 Å². The first-order valence-electron chi connectivity index (χ1n) is 3.60. The Labute approximate surface area is 81.9 Å². The van der Waals surface area contributed by atoms with Crippen molar-refractivity contribution in [3.63, 3.8) is 0 Å². The van der Waals surface area contributed by atoms with E-state index in [-0.39, 0.29) is 5.41 Å². The fourth-order valence-electron chi connectivity index (χ4n) is 0.730. The van der Waals surface area contributed by atoms with Gasteiger partial charge in [-0.05, 0) is 0 Å². The van der Waals surface area contributed by atoms with Crippen molar-refractivity contribution in [2.75, 3.05) is 5.88 Å². The van der Waals surface area contributed by atoms with Gasteiger partial charge in [-0.15, -0.1) is 11.6 Å². The van der Waals surface area contributed by atoms with Crippen LogP contribution in [0.15, 0.2) is 12.4 Å². The molecule has 0 saturated heterocycles. The zero-order chi connectivity index (χ0) is 9.19. The lowest BCUT2D eigenvalue weighted by molar-refractivity contribution is 0.573. The van der Waals surface area contributed by atoms with Crippen molar-refractivity contribution < 1.29 is 0 Å². The third-order valence-corrected chi connectivity index (χ3v) is 2.51. The molecule has 0 atom stereocenters. The summed E-state index contributed by atoms with van der Waals surface area (Å²) in [6.07, 6.45) is 3.19. The molecular weight excluding hydrogens is 195 g/mol. The lowest BCUT2D eigenvalue weighted by atomic mass is 9.92. The molecule has 2 nitrogen and oxygen atoms in total. The number of hydrogen-bond acceptors (Lipinski definition) is 2. The van der Waals surface area contributed by atoms with Gasteiger partial charge in [-0.3, -0.25) is 4.98 Å². The molecule has 1 heterocycles. The minimum absolute atomic E-state index is 0.140. The molecule has 1 aromatic rings. The molecular formula is C8H10Cl2N2. The fraction of sp³-hybridized carbons (Fsp3) is 0.500. The summed E-state index contributed by atoms with van der Waals surface area (Å²) in [5.74, 6) is 0.517. The average molecular weight is 205 g/mol. The number of rotatable bonds is 2. The number of nitrogens with zero attached hydrogens (tertiary/aromatic N) is 2. The smallest absolute Gasteiger partial charge is 0.147 e. The summed E-state index contributed by atoms with van der Waals surface area (Å²) in [5, 5.41) is 0.407. The van der Waals surface area contributed by atoms with Crippen molar-refractivity contribution in [3.8, 4) is 0 Å². The molecule has 0 saturated carbocycles. The summed E-state index contributed by atoms with van der Waals surface area (Å²) in [5.41, 5.74) is 0.723. The predicted octanol–water partition coefficient (Wildman–Crippen LogP) is 2.65. The molecule has 0 bridgehead atoms. The van der Waals surface area contributed by atoms with E-state index in [1.54, 1.807) is 6.20 Å². The lowest BCUT2D eigenvalue weighted by Gasteiger charge is -2.19. The van der Waals surface area contributed by atoms with E-state index >= 15 is 0 Å². The average Bonchev–Trinajstić information content (AvgIpc) is 2.05. The topological polar surface area (TPSA) is 25.8 Å². The maximum absolute atomic E-state index is 5.77. The highest BCUT2D eigenvalue weighted by Gasteiger charge is 2.20. The Morgan fingerprint density at radius 1 is 1.33 bits per heavy atom. The quantitative estimate of drug-likeness (QED) is 0.693. The van der Waals surface area contributed by atoms with Gasteiger partial charge in [0.05, 0.1) is 18.1 Å². The van der Waals surface area contributed by atoms with E-state index in [1.165, 1.54) is 6.20 Å². The van der Waals surface area contributed by atoms with Crippen LogP contribution in [0.5, 0.6) is 0 Å². The first kappa shape index (κ1) is 9.75. The Balaban J connectivity index is 2.96. The van der Waals surface area contributed by atoms with Crippen LogP contribution in [-0.2, 0) is 5.41 Å². The van der Waals surface area contributed by atoms with Gasteiger partial charge in [-0.1, -0.05) is 25.4 Å². The molecule has 0 radical (unpaired) electrons. The van der Waals surface area contributed by atoms with Gasteiger partial charge in [0.15, 0.2) is 0 Å². The van der Waals surface area contributed by atoms with E-state index in [2.05, 4.69) is 9.97 Å². The Kier molecular flexibility index (Phi) is 2.91. The Hall–Kier alpha value is -0.340. The normalized spacial score (nSPS) is 11.7. The minimum Gasteiger partial charge on any atom is -0.256 e. The van der Waals surface area contributed by atoms with Crippen LogP contribution >= 0.6 is 23.2 Å². The van der Waals surface area contributed by atoms with Crippen molar-refractivity contribution in [2.24, 2.45) is 0 Å². The largest absolute Gasteiger partial charge is 0.256 e. The third-order valence-electron chi connectivity index (χ3n) is 1.65. The van der Waals surface area contributed by atoms with Gasteiger partial charge in [0.25, 0.3) is 0 Å². The summed E-state index contributed by atoms with van der Waals surface area (Å²) in [6, 6.07) is 0. The summed E-state index contributed by atoms with van der Waals surface area (Å²) < 4.78 is 0. The highest BCUT2D eigenvalue weighted by molar-refractivity contribution is 6.29. The van der Waals surface area contributed by atoms with E-state index in [0.29, 0.717) is 11.0 Å². The summed E-state index contributed by atoms with van der Waals surface area (Å²) >= 11 is 11.4. The predicted molar refractivity (Wildman–Crippen MR) is 50.8 cm³/mol. The van der Waals surface area contributed by atoms with Crippen LogP contribution < -0.4 is 0 Å². The molecule has 0 spiro atoms. The maximum Gasteiger partial charge on any atom is 0.147 e. The van der Waals surface area contributed by atoms with E-state index in [9.17, 15) is 0 Å². The first-order chi connectivity index (χ1) is 5.56. The van der Waals surface area contributed by atoms with Crippen molar-refractivity contribution in [2.45, 2.75) is 19.3 Å². The van der Waals surface area contributed by atoms with Crippen LogP contribution in [0.3, 0.4) is 0 Å². The molecule has 0 aliphatic heterocycles. The van der Waals surface area contributed by atoms with Crippen molar-refractivity contribution in [1.29, 1.82) is 0 Å². The van der Waals surface area contributed by atoms with Gasteiger partial charge in [0, 0.05) is 11.3 Å². The van der Waals surface area contributed by atoms with Gasteiger partial charge < -0.3 is 0 Å². The second-order valence-electron chi connectivity index (χ2n) is 3.24. The summed E-state index contributed by atoms with van der Waals surface area (Å²) in [4.78, 5) is 8.08. The van der Waals surface area contributed by atoms with Gasteiger partial charge in [0.1, 0.15) is 5.15 Å². The molecule has 0 amide bonds. The van der Waals surface area contributed by atoms with Crippen LogP contribution in [-0.4, -0.2) is 15.8 Å². The van der Waals surface area contributed by atoms with Crippen molar-refractivity contribution >= 4 is 23.2 Å². The molecule has 0 fully saturated rings. The number of hydrogen-bond donors (Lipinski definition) is 0. The summed E-state index contributed by atoms with van der Waals surface area (Å²) in [6.45, 7) is 4.02. The van der Waals surface area contributed by atoms with E-state index in [0.717, 1.165) is 5.69 Å². The van der Waals surface area contributed by atoms with Crippen LogP contribution in [0, 0.1) is 0 Å². The zero-order valence-corrected chi connectivity index (χ0v) is 8.52. The highest BCUT2D eigenvalue weighted by Crippen LogP contribution is 2.21. The Bertz CT molecular complexity index is 256. The molecule has 0 aromatic carbocycles. The van der Waals surface area contributed by atoms with Gasteiger partial charge in [-0.2, -0.15) is 0 Å². The van der Waals surface area contributed by atoms with Crippen LogP contribution in [0.2, 0.25) is 5.15 Å². The van der Waals surface area contributed by atoms with E-state index in [4.69, 9.17) is 23.2 Å². The molecule has 0 aliphatic rings. The molecule has 0 N–H and O–H groups in total. The number of aromatic nitrogens is 2. The number of halogens is 2. The fourth-order valence-corrected chi connectivity index (χ4v) is 0.965. The second-order valence-corrected chi connectivity index (χ2v) is 3.90. The van der Waals surface area contributed by atoms with Crippen molar-refractivity contribution in [3.05, 3.63) is 23.2 Å². The van der Waals surface area contributed by atoms with Crippen molar-refractivity contribution in [1.82, 2.24) is 9.97 Å². The molecule has 1 rings (SSSR count).